The second-order valence-corrected chi connectivity index (χ2v) is 4.73. The summed E-state index contributed by atoms with van der Waals surface area (Å²) in [7, 11) is 0. The Morgan fingerprint density at radius 2 is 1.89 bits per heavy atom. The molecule has 0 fully saturated rings. The van der Waals surface area contributed by atoms with Gasteiger partial charge in [-0.25, -0.2) is 0 Å². The highest BCUT2D eigenvalue weighted by atomic mass is 35.5. The Labute approximate surface area is 109 Å². The monoisotopic (exact) mass is 258 g/mol. The van der Waals surface area contributed by atoms with Crippen molar-refractivity contribution in [1.82, 2.24) is 0 Å². The Kier molecular flexibility index (Phi) is 2.53. The first-order chi connectivity index (χ1) is 8.63. The van der Waals surface area contributed by atoms with E-state index in [0.29, 0.717) is 5.02 Å². The van der Waals surface area contributed by atoms with Crippen molar-refractivity contribution in [3.63, 3.8) is 0 Å². The maximum atomic E-state index is 9.40. The van der Waals surface area contributed by atoms with Crippen LogP contribution in [-0.4, -0.2) is 5.11 Å². The third kappa shape index (κ3) is 1.85. The number of rotatable bonds is 1. The van der Waals surface area contributed by atoms with Gasteiger partial charge in [0.2, 0.25) is 0 Å². The lowest BCUT2D eigenvalue weighted by molar-refractivity contribution is 0.475. The molecule has 1 N–H and O–H groups in total. The van der Waals surface area contributed by atoms with Crippen LogP contribution in [0, 0.1) is 6.92 Å². The minimum absolute atomic E-state index is 0.0763. The molecule has 2 aromatic carbocycles. The standard InChI is InChI=1S/C15H11ClO2/c1-9-2-5-14-11(6-9)8-15(18-14)10-3-4-13(17)12(16)7-10/h2-8,17H,1H3. The molecule has 0 saturated carbocycles. The number of phenolic OH excluding ortho intramolecular Hbond substituents is 1. The van der Waals surface area contributed by atoms with Crippen LogP contribution in [0.4, 0.5) is 0 Å². The lowest BCUT2D eigenvalue weighted by Crippen LogP contribution is -1.74. The SMILES string of the molecule is Cc1ccc2oc(-c3ccc(O)c(Cl)c3)cc2c1. The zero-order valence-electron chi connectivity index (χ0n) is 9.77. The van der Waals surface area contributed by atoms with Crippen LogP contribution in [0.1, 0.15) is 5.56 Å². The van der Waals surface area contributed by atoms with Crippen LogP contribution in [-0.2, 0) is 0 Å². The fraction of sp³-hybridized carbons (Fsp3) is 0.0667. The Morgan fingerprint density at radius 3 is 2.67 bits per heavy atom. The number of fused-ring (bicyclic) bond motifs is 1. The minimum Gasteiger partial charge on any atom is -0.506 e. The number of aromatic hydroxyl groups is 1. The maximum Gasteiger partial charge on any atom is 0.135 e. The first-order valence-electron chi connectivity index (χ1n) is 5.62. The topological polar surface area (TPSA) is 33.4 Å². The molecular formula is C15H11ClO2. The van der Waals surface area contributed by atoms with Crippen molar-refractivity contribution >= 4 is 22.6 Å². The molecule has 1 aromatic heterocycles. The molecule has 90 valence electrons. The Balaban J connectivity index is 2.16. The van der Waals surface area contributed by atoms with E-state index in [2.05, 4.69) is 6.07 Å². The van der Waals surface area contributed by atoms with Crippen molar-refractivity contribution in [2.24, 2.45) is 0 Å². The summed E-state index contributed by atoms with van der Waals surface area (Å²) in [4.78, 5) is 0. The minimum atomic E-state index is 0.0763. The van der Waals surface area contributed by atoms with Gasteiger partial charge in [-0.15, -0.1) is 0 Å². The van der Waals surface area contributed by atoms with Crippen LogP contribution in [0.2, 0.25) is 5.02 Å². The van der Waals surface area contributed by atoms with Gasteiger partial charge in [0, 0.05) is 10.9 Å². The van der Waals surface area contributed by atoms with Gasteiger partial charge < -0.3 is 9.52 Å². The van der Waals surface area contributed by atoms with Crippen molar-refractivity contribution in [1.29, 1.82) is 0 Å². The molecule has 2 nitrogen and oxygen atoms in total. The van der Waals surface area contributed by atoms with Crippen LogP contribution in [0.5, 0.6) is 5.75 Å². The average Bonchev–Trinajstić information content (AvgIpc) is 2.75. The molecular weight excluding hydrogens is 248 g/mol. The van der Waals surface area contributed by atoms with E-state index in [4.69, 9.17) is 16.0 Å². The van der Waals surface area contributed by atoms with E-state index in [-0.39, 0.29) is 5.75 Å². The van der Waals surface area contributed by atoms with Gasteiger partial charge >= 0.3 is 0 Å². The lowest BCUT2D eigenvalue weighted by Gasteiger charge is -1.99. The van der Waals surface area contributed by atoms with E-state index in [1.54, 1.807) is 18.2 Å². The number of furan rings is 1. The fourth-order valence-electron chi connectivity index (χ4n) is 1.97. The largest absolute Gasteiger partial charge is 0.506 e. The molecule has 0 aliphatic heterocycles. The molecule has 1 heterocycles. The van der Waals surface area contributed by atoms with Gasteiger partial charge in [0.15, 0.2) is 0 Å². The van der Waals surface area contributed by atoms with Crippen molar-refractivity contribution in [3.8, 4) is 17.1 Å². The summed E-state index contributed by atoms with van der Waals surface area (Å²) < 4.78 is 5.76. The average molecular weight is 259 g/mol. The van der Waals surface area contributed by atoms with E-state index >= 15 is 0 Å². The first kappa shape index (κ1) is 11.2. The number of hydrogen-bond acceptors (Lipinski definition) is 2. The highest BCUT2D eigenvalue weighted by Crippen LogP contribution is 2.32. The number of phenols is 1. The van der Waals surface area contributed by atoms with Gasteiger partial charge in [-0.3, -0.25) is 0 Å². The van der Waals surface area contributed by atoms with E-state index in [1.165, 1.54) is 5.56 Å². The molecule has 0 spiro atoms. The molecule has 18 heavy (non-hydrogen) atoms. The van der Waals surface area contributed by atoms with Crippen molar-refractivity contribution < 1.29 is 9.52 Å². The smallest absolute Gasteiger partial charge is 0.135 e. The molecule has 0 unspecified atom stereocenters. The zero-order chi connectivity index (χ0) is 12.7. The summed E-state index contributed by atoms with van der Waals surface area (Å²) in [6.07, 6.45) is 0. The molecule has 0 amide bonds. The number of hydrogen-bond donors (Lipinski definition) is 1. The first-order valence-corrected chi connectivity index (χ1v) is 6.00. The van der Waals surface area contributed by atoms with Crippen LogP contribution in [0.25, 0.3) is 22.3 Å². The van der Waals surface area contributed by atoms with E-state index in [9.17, 15) is 5.11 Å². The Hall–Kier alpha value is -1.93. The van der Waals surface area contributed by atoms with Crippen LogP contribution >= 0.6 is 11.6 Å². The molecule has 0 bridgehead atoms. The number of benzene rings is 2. The normalized spacial score (nSPS) is 11.0. The molecule has 3 aromatic rings. The molecule has 0 atom stereocenters. The highest BCUT2D eigenvalue weighted by Gasteiger charge is 2.08. The van der Waals surface area contributed by atoms with Crippen molar-refractivity contribution in [2.45, 2.75) is 6.92 Å². The van der Waals surface area contributed by atoms with Gasteiger partial charge in [0.1, 0.15) is 17.1 Å². The molecule has 3 heteroatoms. The van der Waals surface area contributed by atoms with Gasteiger partial charge in [0.25, 0.3) is 0 Å². The lowest BCUT2D eigenvalue weighted by atomic mass is 10.1. The number of halogens is 1. The molecule has 0 saturated heterocycles. The summed E-state index contributed by atoms with van der Waals surface area (Å²) in [5, 5.41) is 10.8. The maximum absolute atomic E-state index is 9.40. The summed E-state index contributed by atoms with van der Waals surface area (Å²) in [5.74, 6) is 0.824. The van der Waals surface area contributed by atoms with E-state index in [1.807, 2.05) is 25.1 Å². The highest BCUT2D eigenvalue weighted by molar-refractivity contribution is 6.32. The summed E-state index contributed by atoms with van der Waals surface area (Å²) in [6.45, 7) is 2.05. The second-order valence-electron chi connectivity index (χ2n) is 4.32. The summed E-state index contributed by atoms with van der Waals surface area (Å²) in [6, 6.07) is 13.1. The third-order valence-corrected chi connectivity index (χ3v) is 3.21. The predicted molar refractivity (Wildman–Crippen MR) is 73.1 cm³/mol. The van der Waals surface area contributed by atoms with Gasteiger partial charge in [-0.05, 0) is 43.3 Å². The molecule has 3 rings (SSSR count). The quantitative estimate of drug-likeness (QED) is 0.682. The Morgan fingerprint density at radius 1 is 1.06 bits per heavy atom. The van der Waals surface area contributed by atoms with Crippen molar-refractivity contribution in [2.75, 3.05) is 0 Å². The van der Waals surface area contributed by atoms with Crippen LogP contribution < -0.4 is 0 Å². The van der Waals surface area contributed by atoms with E-state index in [0.717, 1.165) is 22.3 Å². The molecule has 0 aliphatic carbocycles. The van der Waals surface area contributed by atoms with Crippen LogP contribution in [0.3, 0.4) is 0 Å². The summed E-state index contributed by atoms with van der Waals surface area (Å²) in [5.41, 5.74) is 2.89. The summed E-state index contributed by atoms with van der Waals surface area (Å²) >= 11 is 5.90. The third-order valence-electron chi connectivity index (χ3n) is 2.90. The molecule has 0 aliphatic rings. The second kappa shape index (κ2) is 4.07. The van der Waals surface area contributed by atoms with Gasteiger partial charge in [0.05, 0.1) is 5.02 Å². The van der Waals surface area contributed by atoms with Crippen molar-refractivity contribution in [3.05, 3.63) is 53.1 Å². The fourth-order valence-corrected chi connectivity index (χ4v) is 2.15. The van der Waals surface area contributed by atoms with Crippen LogP contribution in [0.15, 0.2) is 46.9 Å². The molecule has 0 radical (unpaired) electrons. The predicted octanol–water partition coefficient (Wildman–Crippen LogP) is 4.77. The van der Waals surface area contributed by atoms with E-state index < -0.39 is 0 Å². The van der Waals surface area contributed by atoms with Gasteiger partial charge in [-0.2, -0.15) is 0 Å². The Bertz CT molecular complexity index is 728. The number of aryl methyl sites for hydroxylation is 1. The zero-order valence-corrected chi connectivity index (χ0v) is 10.5. The van der Waals surface area contributed by atoms with Gasteiger partial charge in [-0.1, -0.05) is 23.2 Å².